The summed E-state index contributed by atoms with van der Waals surface area (Å²) in [4.78, 5) is 0. The maximum absolute atomic E-state index is 5.19. The van der Waals surface area contributed by atoms with Gasteiger partial charge in [0.1, 0.15) is 11.2 Å². The molecular weight excluding hydrogens is 184 g/mol. The molecule has 3 nitrogen and oxygen atoms in total. The second-order valence-electron chi connectivity index (χ2n) is 1.88. The van der Waals surface area contributed by atoms with Crippen LogP contribution in [0, 0.1) is 0 Å². The Balaban J connectivity index is 2.51. The molecule has 0 unspecified atom stereocenters. The minimum absolute atomic E-state index is 0.760. The van der Waals surface area contributed by atoms with Crippen LogP contribution < -0.4 is 4.74 Å². The number of halogens is 1. The highest BCUT2D eigenvalue weighted by Crippen LogP contribution is 2.21. The van der Waals surface area contributed by atoms with E-state index in [0.717, 1.165) is 23.6 Å². The highest BCUT2D eigenvalue weighted by molar-refractivity contribution is 9.10. The van der Waals surface area contributed by atoms with E-state index in [4.69, 9.17) is 4.74 Å². The van der Waals surface area contributed by atoms with Crippen LogP contribution in [0.25, 0.3) is 0 Å². The van der Waals surface area contributed by atoms with Crippen molar-refractivity contribution < 1.29 is 4.74 Å². The molecule has 0 saturated carbocycles. The summed E-state index contributed by atoms with van der Waals surface area (Å²) in [5.41, 5.74) is 0. The van der Waals surface area contributed by atoms with Gasteiger partial charge in [0.05, 0.1) is 6.54 Å². The number of ether oxygens (including phenoxy) is 1. The van der Waals surface area contributed by atoms with Gasteiger partial charge in [0, 0.05) is 6.07 Å². The van der Waals surface area contributed by atoms with Crippen LogP contribution in [0.15, 0.2) is 10.7 Å². The fourth-order valence-electron chi connectivity index (χ4n) is 0.883. The second kappa shape index (κ2) is 1.73. The number of aromatic nitrogens is 2. The van der Waals surface area contributed by atoms with E-state index in [1.807, 2.05) is 10.7 Å². The van der Waals surface area contributed by atoms with Gasteiger partial charge in [-0.25, -0.2) is 4.68 Å². The summed E-state index contributed by atoms with van der Waals surface area (Å²) in [5, 5.41) is 4.10. The molecular formula is C5H5BrN2O. The zero-order valence-corrected chi connectivity index (χ0v) is 6.26. The van der Waals surface area contributed by atoms with Crippen LogP contribution in [0.5, 0.6) is 5.88 Å². The molecule has 0 aromatic carbocycles. The van der Waals surface area contributed by atoms with Crippen molar-refractivity contribution in [2.24, 2.45) is 0 Å². The van der Waals surface area contributed by atoms with E-state index in [0.29, 0.717) is 0 Å². The van der Waals surface area contributed by atoms with Gasteiger partial charge in [0.15, 0.2) is 0 Å². The molecule has 0 N–H and O–H groups in total. The first-order chi connectivity index (χ1) is 4.36. The fraction of sp³-hybridized carbons (Fsp3) is 0.400. The van der Waals surface area contributed by atoms with Gasteiger partial charge >= 0.3 is 0 Å². The minimum atomic E-state index is 0.760. The largest absolute Gasteiger partial charge is 0.476 e. The third-order valence-electron chi connectivity index (χ3n) is 1.27. The molecule has 0 amide bonds. The summed E-state index contributed by atoms with van der Waals surface area (Å²) >= 11 is 3.25. The van der Waals surface area contributed by atoms with E-state index in [9.17, 15) is 0 Å². The molecule has 1 aromatic rings. The Morgan fingerprint density at radius 1 is 1.78 bits per heavy atom. The van der Waals surface area contributed by atoms with E-state index >= 15 is 0 Å². The van der Waals surface area contributed by atoms with E-state index in [1.54, 1.807) is 0 Å². The van der Waals surface area contributed by atoms with Crippen molar-refractivity contribution in [3.8, 4) is 5.88 Å². The zero-order valence-electron chi connectivity index (χ0n) is 4.67. The van der Waals surface area contributed by atoms with Gasteiger partial charge in [-0.1, -0.05) is 0 Å². The molecule has 48 valence electrons. The van der Waals surface area contributed by atoms with Crippen molar-refractivity contribution in [1.29, 1.82) is 0 Å². The predicted molar refractivity (Wildman–Crippen MR) is 35.4 cm³/mol. The smallest absolute Gasteiger partial charge is 0.213 e. The summed E-state index contributed by atoms with van der Waals surface area (Å²) in [6.45, 7) is 1.64. The van der Waals surface area contributed by atoms with Crippen molar-refractivity contribution in [1.82, 2.24) is 9.78 Å². The van der Waals surface area contributed by atoms with Gasteiger partial charge in [-0.05, 0) is 15.9 Å². The lowest BCUT2D eigenvalue weighted by Crippen LogP contribution is -1.94. The van der Waals surface area contributed by atoms with E-state index < -0.39 is 0 Å². The molecule has 9 heavy (non-hydrogen) atoms. The Morgan fingerprint density at radius 3 is 3.44 bits per heavy atom. The first-order valence-electron chi connectivity index (χ1n) is 2.72. The molecule has 4 heteroatoms. The standard InChI is InChI=1S/C5H5BrN2O/c6-4-3-5-8(7-4)1-2-9-5/h3H,1-2H2. The van der Waals surface area contributed by atoms with Crippen LogP contribution in [0.1, 0.15) is 0 Å². The third kappa shape index (κ3) is 0.738. The molecule has 1 aromatic heterocycles. The summed E-state index contributed by atoms with van der Waals surface area (Å²) in [6, 6.07) is 1.87. The Kier molecular flexibility index (Phi) is 1.02. The number of rotatable bonds is 0. The predicted octanol–water partition coefficient (Wildman–Crippen LogP) is 1.04. The molecule has 0 saturated heterocycles. The van der Waals surface area contributed by atoms with Gasteiger partial charge in [-0.15, -0.1) is 0 Å². The number of hydrogen-bond donors (Lipinski definition) is 0. The van der Waals surface area contributed by atoms with Gasteiger partial charge in [0.25, 0.3) is 0 Å². The van der Waals surface area contributed by atoms with Crippen LogP contribution in [0.4, 0.5) is 0 Å². The molecule has 2 heterocycles. The maximum atomic E-state index is 5.19. The van der Waals surface area contributed by atoms with Crippen LogP contribution >= 0.6 is 15.9 Å². The van der Waals surface area contributed by atoms with Crippen LogP contribution in [0.2, 0.25) is 0 Å². The van der Waals surface area contributed by atoms with Crippen molar-refractivity contribution in [2.75, 3.05) is 6.61 Å². The van der Waals surface area contributed by atoms with Crippen LogP contribution in [0.3, 0.4) is 0 Å². The minimum Gasteiger partial charge on any atom is -0.476 e. The van der Waals surface area contributed by atoms with E-state index in [-0.39, 0.29) is 0 Å². The average Bonchev–Trinajstić information content (AvgIpc) is 2.22. The summed E-state index contributed by atoms with van der Waals surface area (Å²) in [5.74, 6) is 0.863. The third-order valence-corrected chi connectivity index (χ3v) is 1.65. The van der Waals surface area contributed by atoms with Gasteiger partial charge in [-0.3, -0.25) is 0 Å². The SMILES string of the molecule is Brc1cc2n(n1)CCO2. The Labute approximate surface area is 60.7 Å². The Morgan fingerprint density at radius 2 is 2.67 bits per heavy atom. The highest BCUT2D eigenvalue weighted by atomic mass is 79.9. The summed E-state index contributed by atoms with van der Waals surface area (Å²) in [6.07, 6.45) is 0. The van der Waals surface area contributed by atoms with E-state index in [2.05, 4.69) is 21.0 Å². The first-order valence-corrected chi connectivity index (χ1v) is 3.52. The van der Waals surface area contributed by atoms with E-state index in [1.165, 1.54) is 0 Å². The topological polar surface area (TPSA) is 27.1 Å². The molecule has 0 aliphatic carbocycles. The lowest BCUT2D eigenvalue weighted by molar-refractivity contribution is 0.356. The molecule has 0 radical (unpaired) electrons. The Hall–Kier alpha value is -0.510. The monoisotopic (exact) mass is 188 g/mol. The lowest BCUT2D eigenvalue weighted by Gasteiger charge is -1.85. The molecule has 0 atom stereocenters. The quantitative estimate of drug-likeness (QED) is 0.609. The van der Waals surface area contributed by atoms with Crippen LogP contribution in [-0.2, 0) is 6.54 Å². The lowest BCUT2D eigenvalue weighted by atomic mass is 10.7. The second-order valence-corrected chi connectivity index (χ2v) is 2.69. The molecule has 0 spiro atoms. The number of nitrogens with zero attached hydrogens (tertiary/aromatic N) is 2. The molecule has 0 fully saturated rings. The number of fused-ring (bicyclic) bond motifs is 1. The van der Waals surface area contributed by atoms with Gasteiger partial charge in [0.2, 0.25) is 5.88 Å². The normalized spacial score (nSPS) is 15.2. The van der Waals surface area contributed by atoms with Crippen LogP contribution in [-0.4, -0.2) is 16.4 Å². The molecule has 2 rings (SSSR count). The van der Waals surface area contributed by atoms with Crippen molar-refractivity contribution in [3.63, 3.8) is 0 Å². The fourth-order valence-corrected chi connectivity index (χ4v) is 1.27. The summed E-state index contributed by atoms with van der Waals surface area (Å²) < 4.78 is 7.87. The molecule has 0 bridgehead atoms. The average molecular weight is 189 g/mol. The number of hydrogen-bond acceptors (Lipinski definition) is 2. The van der Waals surface area contributed by atoms with Gasteiger partial charge in [-0.2, -0.15) is 5.10 Å². The maximum Gasteiger partial charge on any atom is 0.213 e. The van der Waals surface area contributed by atoms with Gasteiger partial charge < -0.3 is 4.74 Å². The first kappa shape index (κ1) is 5.29. The Bertz CT molecular complexity index is 211. The molecule has 1 aliphatic heterocycles. The highest BCUT2D eigenvalue weighted by Gasteiger charge is 2.12. The van der Waals surface area contributed by atoms with Crippen molar-refractivity contribution in [3.05, 3.63) is 10.7 Å². The van der Waals surface area contributed by atoms with Crippen molar-refractivity contribution >= 4 is 15.9 Å². The summed E-state index contributed by atoms with van der Waals surface area (Å²) in [7, 11) is 0. The zero-order chi connectivity index (χ0) is 6.27. The van der Waals surface area contributed by atoms with Crippen molar-refractivity contribution in [2.45, 2.75) is 6.54 Å². The molecule has 1 aliphatic rings.